The molecular weight excluding hydrogens is 244 g/mol. The van der Waals surface area contributed by atoms with Crippen molar-refractivity contribution in [2.75, 3.05) is 6.61 Å². The van der Waals surface area contributed by atoms with E-state index in [2.05, 4.69) is 0 Å². The van der Waals surface area contributed by atoms with Crippen LogP contribution in [-0.2, 0) is 14.2 Å². The Morgan fingerprint density at radius 1 is 1.11 bits per heavy atom. The fraction of sp³-hybridized carbons (Fsp3) is 0.600. The van der Waals surface area contributed by atoms with Crippen LogP contribution in [0.15, 0.2) is 30.3 Å². The van der Waals surface area contributed by atoms with Crippen LogP contribution in [0.4, 0.5) is 0 Å². The highest BCUT2D eigenvalue weighted by Crippen LogP contribution is 2.36. The quantitative estimate of drug-likeness (QED) is 0.841. The first-order valence-electron chi connectivity index (χ1n) is 6.82. The molecule has 0 saturated carbocycles. The lowest BCUT2D eigenvalue weighted by Crippen LogP contribution is -2.57. The van der Waals surface area contributed by atoms with Crippen molar-refractivity contribution >= 4 is 0 Å². The van der Waals surface area contributed by atoms with Gasteiger partial charge in [-0.05, 0) is 6.92 Å². The molecule has 2 aliphatic rings. The molecule has 0 amide bonds. The summed E-state index contributed by atoms with van der Waals surface area (Å²) in [5.74, 6) is 0.0452. The molecule has 4 nitrogen and oxygen atoms in total. The van der Waals surface area contributed by atoms with Gasteiger partial charge in [-0.1, -0.05) is 37.3 Å². The van der Waals surface area contributed by atoms with Crippen molar-refractivity contribution in [3.8, 4) is 0 Å². The topological polar surface area (TPSA) is 47.9 Å². The van der Waals surface area contributed by atoms with Crippen LogP contribution in [0.3, 0.4) is 0 Å². The molecule has 19 heavy (non-hydrogen) atoms. The van der Waals surface area contributed by atoms with Gasteiger partial charge in [0.15, 0.2) is 6.29 Å². The third-order valence-corrected chi connectivity index (χ3v) is 4.06. The number of hydrogen-bond acceptors (Lipinski definition) is 4. The molecule has 6 atom stereocenters. The van der Waals surface area contributed by atoms with E-state index < -0.39 is 6.10 Å². The van der Waals surface area contributed by atoms with Crippen LogP contribution in [0.1, 0.15) is 25.7 Å². The zero-order valence-electron chi connectivity index (χ0n) is 11.2. The molecule has 1 N–H and O–H groups in total. The minimum absolute atomic E-state index is 0.0452. The van der Waals surface area contributed by atoms with Crippen molar-refractivity contribution in [2.45, 2.75) is 44.6 Å². The highest BCUT2D eigenvalue weighted by atomic mass is 16.7. The first kappa shape index (κ1) is 13.1. The second-order valence-electron chi connectivity index (χ2n) is 5.41. The number of benzene rings is 1. The summed E-state index contributed by atoms with van der Waals surface area (Å²) < 4.78 is 17.5. The van der Waals surface area contributed by atoms with Gasteiger partial charge in [-0.3, -0.25) is 0 Å². The monoisotopic (exact) mass is 264 g/mol. The van der Waals surface area contributed by atoms with Gasteiger partial charge in [-0.25, -0.2) is 0 Å². The molecule has 0 spiro atoms. The number of aliphatic hydroxyl groups excluding tert-OH is 1. The predicted octanol–water partition coefficient (Wildman–Crippen LogP) is 1.88. The van der Waals surface area contributed by atoms with Crippen molar-refractivity contribution in [1.82, 2.24) is 0 Å². The fourth-order valence-electron chi connectivity index (χ4n) is 2.89. The Kier molecular flexibility index (Phi) is 3.58. The van der Waals surface area contributed by atoms with Gasteiger partial charge < -0.3 is 19.3 Å². The summed E-state index contributed by atoms with van der Waals surface area (Å²) >= 11 is 0. The first-order chi connectivity index (χ1) is 9.16. The van der Waals surface area contributed by atoms with Crippen LogP contribution >= 0.6 is 0 Å². The van der Waals surface area contributed by atoms with E-state index in [1.807, 2.05) is 44.2 Å². The Morgan fingerprint density at radius 2 is 1.84 bits per heavy atom. The Bertz CT molecular complexity index is 419. The van der Waals surface area contributed by atoms with Crippen LogP contribution in [-0.4, -0.2) is 36.1 Å². The SMILES string of the molecule is CC1OC2COC(c3ccccc3)OC2C(C)C1O. The molecule has 2 aliphatic heterocycles. The van der Waals surface area contributed by atoms with Gasteiger partial charge in [0.05, 0.1) is 24.9 Å². The largest absolute Gasteiger partial charge is 0.390 e. The summed E-state index contributed by atoms with van der Waals surface area (Å²) in [5.41, 5.74) is 1.00. The van der Waals surface area contributed by atoms with Crippen molar-refractivity contribution in [1.29, 1.82) is 0 Å². The second kappa shape index (κ2) is 5.21. The Hall–Kier alpha value is -0.940. The zero-order valence-corrected chi connectivity index (χ0v) is 11.2. The van der Waals surface area contributed by atoms with Gasteiger partial charge in [-0.15, -0.1) is 0 Å². The number of fused-ring (bicyclic) bond motifs is 1. The van der Waals surface area contributed by atoms with Gasteiger partial charge in [0.25, 0.3) is 0 Å². The highest BCUT2D eigenvalue weighted by Gasteiger charge is 2.45. The zero-order chi connectivity index (χ0) is 13.4. The Labute approximate surface area is 113 Å². The van der Waals surface area contributed by atoms with Crippen LogP contribution in [0, 0.1) is 5.92 Å². The summed E-state index contributed by atoms with van der Waals surface area (Å²) in [5, 5.41) is 10.1. The van der Waals surface area contributed by atoms with Gasteiger partial charge in [-0.2, -0.15) is 0 Å². The van der Waals surface area contributed by atoms with Crippen molar-refractivity contribution in [2.24, 2.45) is 5.92 Å². The lowest BCUT2D eigenvalue weighted by molar-refractivity contribution is -0.315. The van der Waals surface area contributed by atoms with Gasteiger partial charge in [0.1, 0.15) is 6.10 Å². The third kappa shape index (κ3) is 2.41. The molecule has 0 aromatic heterocycles. The third-order valence-electron chi connectivity index (χ3n) is 4.06. The molecule has 0 radical (unpaired) electrons. The molecule has 1 aromatic carbocycles. The highest BCUT2D eigenvalue weighted by molar-refractivity contribution is 5.16. The Morgan fingerprint density at radius 3 is 2.58 bits per heavy atom. The summed E-state index contributed by atoms with van der Waals surface area (Å²) in [6.45, 7) is 4.40. The summed E-state index contributed by atoms with van der Waals surface area (Å²) in [4.78, 5) is 0. The number of ether oxygens (including phenoxy) is 3. The molecule has 0 aliphatic carbocycles. The number of hydrogen-bond donors (Lipinski definition) is 1. The number of aliphatic hydroxyl groups is 1. The average molecular weight is 264 g/mol. The van der Waals surface area contributed by atoms with Crippen molar-refractivity contribution in [3.05, 3.63) is 35.9 Å². The Balaban J connectivity index is 1.75. The molecule has 0 bridgehead atoms. The molecule has 1 aromatic rings. The molecule has 104 valence electrons. The van der Waals surface area contributed by atoms with E-state index in [0.29, 0.717) is 6.61 Å². The van der Waals surface area contributed by atoms with Crippen LogP contribution in [0.2, 0.25) is 0 Å². The standard InChI is InChI=1S/C15H20O4/c1-9-13(16)10(2)18-12-8-17-15(19-14(9)12)11-6-4-3-5-7-11/h3-7,9-10,12-16H,8H2,1-2H3. The molecule has 6 unspecified atom stereocenters. The van der Waals surface area contributed by atoms with Gasteiger partial charge in [0.2, 0.25) is 0 Å². The van der Waals surface area contributed by atoms with E-state index in [1.165, 1.54) is 0 Å². The first-order valence-corrected chi connectivity index (χ1v) is 6.82. The minimum atomic E-state index is -0.490. The smallest absolute Gasteiger partial charge is 0.184 e. The van der Waals surface area contributed by atoms with Crippen LogP contribution in [0.5, 0.6) is 0 Å². The molecule has 2 heterocycles. The maximum Gasteiger partial charge on any atom is 0.184 e. The second-order valence-corrected chi connectivity index (χ2v) is 5.41. The molecular formula is C15H20O4. The summed E-state index contributed by atoms with van der Waals surface area (Å²) in [7, 11) is 0. The lowest BCUT2D eigenvalue weighted by Gasteiger charge is -2.46. The van der Waals surface area contributed by atoms with Gasteiger partial charge >= 0.3 is 0 Å². The molecule has 3 rings (SSSR count). The molecule has 2 fully saturated rings. The summed E-state index contributed by atoms with van der Waals surface area (Å²) in [6.07, 6.45) is -1.24. The maximum absolute atomic E-state index is 10.1. The fourth-order valence-corrected chi connectivity index (χ4v) is 2.89. The van der Waals surface area contributed by atoms with Crippen molar-refractivity contribution in [3.63, 3.8) is 0 Å². The van der Waals surface area contributed by atoms with Crippen LogP contribution in [0.25, 0.3) is 0 Å². The predicted molar refractivity (Wildman–Crippen MR) is 69.5 cm³/mol. The van der Waals surface area contributed by atoms with Crippen molar-refractivity contribution < 1.29 is 19.3 Å². The van der Waals surface area contributed by atoms with Crippen LogP contribution < -0.4 is 0 Å². The number of rotatable bonds is 1. The van der Waals surface area contributed by atoms with E-state index in [4.69, 9.17) is 14.2 Å². The molecule has 4 heteroatoms. The normalized spacial score (nSPS) is 42.7. The van der Waals surface area contributed by atoms with Gasteiger partial charge in [0, 0.05) is 11.5 Å². The average Bonchev–Trinajstić information content (AvgIpc) is 2.46. The van der Waals surface area contributed by atoms with E-state index >= 15 is 0 Å². The van der Waals surface area contributed by atoms with E-state index in [9.17, 15) is 5.11 Å². The summed E-state index contributed by atoms with van der Waals surface area (Å²) in [6, 6.07) is 9.86. The molecule has 2 saturated heterocycles. The van der Waals surface area contributed by atoms with E-state index in [0.717, 1.165) is 5.56 Å². The van der Waals surface area contributed by atoms with E-state index in [-0.39, 0.29) is 30.5 Å². The maximum atomic E-state index is 10.1. The van der Waals surface area contributed by atoms with E-state index in [1.54, 1.807) is 0 Å². The minimum Gasteiger partial charge on any atom is -0.390 e. The lowest BCUT2D eigenvalue weighted by atomic mass is 9.87.